The van der Waals surface area contributed by atoms with E-state index in [0.29, 0.717) is 35.3 Å². The summed E-state index contributed by atoms with van der Waals surface area (Å²) in [5.74, 6) is -0.899. The average Bonchev–Trinajstić information content (AvgIpc) is 2.80. The molecule has 0 unspecified atom stereocenters. The summed E-state index contributed by atoms with van der Waals surface area (Å²) in [5, 5.41) is 1.43. The summed E-state index contributed by atoms with van der Waals surface area (Å²) in [7, 11) is 0. The van der Waals surface area contributed by atoms with Crippen LogP contribution >= 0.6 is 0 Å². The first-order chi connectivity index (χ1) is 16.2. The van der Waals surface area contributed by atoms with E-state index in [4.69, 9.17) is 0 Å². The Morgan fingerprint density at radius 1 is 0.882 bits per heavy atom. The summed E-state index contributed by atoms with van der Waals surface area (Å²) in [6.45, 7) is 2.24. The van der Waals surface area contributed by atoms with E-state index in [0.717, 1.165) is 23.4 Å². The van der Waals surface area contributed by atoms with Crippen LogP contribution in [0.15, 0.2) is 48.5 Å². The molecular formula is C28H29F5O. The van der Waals surface area contributed by atoms with Crippen LogP contribution in [0, 0.1) is 17.6 Å². The lowest BCUT2D eigenvalue weighted by molar-refractivity contribution is -0.275. The van der Waals surface area contributed by atoms with Gasteiger partial charge in [-0.15, -0.1) is 13.2 Å². The fourth-order valence-electron chi connectivity index (χ4n) is 5.18. The van der Waals surface area contributed by atoms with Crippen LogP contribution in [0.4, 0.5) is 22.0 Å². The van der Waals surface area contributed by atoms with Gasteiger partial charge in [0.05, 0.1) is 0 Å². The Labute approximate surface area is 196 Å². The minimum Gasteiger partial charge on any atom is -0.403 e. The lowest BCUT2D eigenvalue weighted by atomic mass is 9.77. The van der Waals surface area contributed by atoms with Crippen molar-refractivity contribution in [1.82, 2.24) is 0 Å². The normalized spacial score (nSPS) is 18.9. The highest BCUT2D eigenvalue weighted by atomic mass is 19.4. The van der Waals surface area contributed by atoms with Gasteiger partial charge in [0.25, 0.3) is 0 Å². The number of alkyl halides is 3. The zero-order valence-corrected chi connectivity index (χ0v) is 19.2. The van der Waals surface area contributed by atoms with Crippen LogP contribution in [-0.2, 0) is 12.8 Å². The van der Waals surface area contributed by atoms with Gasteiger partial charge in [0.15, 0.2) is 11.6 Å². The third-order valence-corrected chi connectivity index (χ3v) is 6.98. The van der Waals surface area contributed by atoms with E-state index in [1.54, 1.807) is 6.07 Å². The van der Waals surface area contributed by atoms with E-state index < -0.39 is 17.9 Å². The standard InChI is InChI=1S/C28H29F5O/c1-2-3-18-4-8-20(9-5-18)22-13-14-24-23(17-22)12-11-21(27(24)30)10-6-19-7-15-26(25(29)16-19)34-28(31,32)33/h7,11-18,20H,2-6,8-10H2,1H3. The molecule has 182 valence electrons. The molecule has 1 saturated carbocycles. The molecule has 6 heteroatoms. The maximum atomic E-state index is 15.2. The van der Waals surface area contributed by atoms with Crippen molar-refractivity contribution in [1.29, 1.82) is 0 Å². The molecule has 0 bridgehead atoms. The van der Waals surface area contributed by atoms with E-state index in [2.05, 4.69) is 17.7 Å². The largest absolute Gasteiger partial charge is 0.573 e. The summed E-state index contributed by atoms with van der Waals surface area (Å²) >= 11 is 0. The van der Waals surface area contributed by atoms with Crippen LogP contribution in [0.25, 0.3) is 10.8 Å². The molecule has 1 nitrogen and oxygen atoms in total. The molecular weight excluding hydrogens is 447 g/mol. The number of benzene rings is 3. The van der Waals surface area contributed by atoms with Crippen molar-refractivity contribution in [2.45, 2.75) is 70.6 Å². The molecule has 0 amide bonds. The lowest BCUT2D eigenvalue weighted by Crippen LogP contribution is -2.18. The predicted octanol–water partition coefficient (Wildman–Crippen LogP) is 8.88. The third-order valence-electron chi connectivity index (χ3n) is 6.98. The van der Waals surface area contributed by atoms with Gasteiger partial charge in [0.1, 0.15) is 5.82 Å². The molecule has 0 heterocycles. The number of rotatable bonds is 7. The van der Waals surface area contributed by atoms with E-state index in [-0.39, 0.29) is 5.82 Å². The highest BCUT2D eigenvalue weighted by molar-refractivity contribution is 5.84. The molecule has 3 aromatic rings. The Kier molecular flexibility index (Phi) is 7.44. The molecule has 3 aromatic carbocycles. The van der Waals surface area contributed by atoms with Crippen molar-refractivity contribution >= 4 is 10.8 Å². The molecule has 1 aliphatic carbocycles. The average molecular weight is 477 g/mol. The molecule has 4 rings (SSSR count). The van der Waals surface area contributed by atoms with E-state index in [9.17, 15) is 17.6 Å². The number of hydrogen-bond acceptors (Lipinski definition) is 1. The first kappa shape index (κ1) is 24.5. The second kappa shape index (κ2) is 10.3. The topological polar surface area (TPSA) is 9.23 Å². The van der Waals surface area contributed by atoms with Crippen LogP contribution in [0.1, 0.15) is 68.1 Å². The SMILES string of the molecule is CCCC1CCC(c2ccc3c(F)c(CCc4ccc(OC(F)(F)F)c(F)c4)ccc3c2)CC1. The molecule has 0 radical (unpaired) electrons. The van der Waals surface area contributed by atoms with Crippen LogP contribution in [0.2, 0.25) is 0 Å². The fraction of sp³-hybridized carbons (Fsp3) is 0.429. The van der Waals surface area contributed by atoms with E-state index >= 15 is 4.39 Å². The first-order valence-corrected chi connectivity index (χ1v) is 12.0. The fourth-order valence-corrected chi connectivity index (χ4v) is 5.18. The van der Waals surface area contributed by atoms with Gasteiger partial charge in [-0.05, 0) is 84.6 Å². The zero-order chi connectivity index (χ0) is 24.3. The predicted molar refractivity (Wildman–Crippen MR) is 124 cm³/mol. The lowest BCUT2D eigenvalue weighted by Gasteiger charge is -2.28. The minimum atomic E-state index is -4.95. The Hall–Kier alpha value is -2.63. The number of fused-ring (bicyclic) bond motifs is 1. The van der Waals surface area contributed by atoms with Gasteiger partial charge in [0.2, 0.25) is 0 Å². The molecule has 1 aliphatic rings. The Balaban J connectivity index is 1.44. The van der Waals surface area contributed by atoms with E-state index in [1.807, 2.05) is 18.2 Å². The molecule has 1 fully saturated rings. The second-order valence-corrected chi connectivity index (χ2v) is 9.34. The summed E-state index contributed by atoms with van der Waals surface area (Å²) < 4.78 is 69.7. The molecule has 0 atom stereocenters. The van der Waals surface area contributed by atoms with Crippen molar-refractivity contribution in [3.63, 3.8) is 0 Å². The molecule has 0 spiro atoms. The maximum absolute atomic E-state index is 15.2. The van der Waals surface area contributed by atoms with Crippen LogP contribution in [0.5, 0.6) is 5.75 Å². The van der Waals surface area contributed by atoms with Gasteiger partial charge >= 0.3 is 6.36 Å². The van der Waals surface area contributed by atoms with Gasteiger partial charge < -0.3 is 4.74 Å². The zero-order valence-electron chi connectivity index (χ0n) is 19.2. The molecule has 34 heavy (non-hydrogen) atoms. The number of halogens is 5. The highest BCUT2D eigenvalue weighted by Crippen LogP contribution is 2.38. The van der Waals surface area contributed by atoms with Crippen molar-refractivity contribution < 1.29 is 26.7 Å². The number of ether oxygens (including phenoxy) is 1. The second-order valence-electron chi connectivity index (χ2n) is 9.34. The van der Waals surface area contributed by atoms with Crippen molar-refractivity contribution in [3.8, 4) is 5.75 Å². The van der Waals surface area contributed by atoms with Gasteiger partial charge in [-0.2, -0.15) is 0 Å². The van der Waals surface area contributed by atoms with Crippen molar-refractivity contribution in [2.24, 2.45) is 5.92 Å². The first-order valence-electron chi connectivity index (χ1n) is 12.0. The van der Waals surface area contributed by atoms with E-state index in [1.165, 1.54) is 50.2 Å². The Morgan fingerprint density at radius 2 is 1.65 bits per heavy atom. The van der Waals surface area contributed by atoms with Crippen molar-refractivity contribution in [3.05, 3.63) is 76.9 Å². The third kappa shape index (κ3) is 5.89. The highest BCUT2D eigenvalue weighted by Gasteiger charge is 2.32. The summed E-state index contributed by atoms with van der Waals surface area (Å²) in [6.07, 6.45) is 3.07. The summed E-state index contributed by atoms with van der Waals surface area (Å²) in [4.78, 5) is 0. The van der Waals surface area contributed by atoms with Crippen LogP contribution in [0.3, 0.4) is 0 Å². The maximum Gasteiger partial charge on any atom is 0.573 e. The minimum absolute atomic E-state index is 0.296. The van der Waals surface area contributed by atoms with Crippen LogP contribution in [-0.4, -0.2) is 6.36 Å². The molecule has 0 N–H and O–H groups in total. The summed E-state index contributed by atoms with van der Waals surface area (Å²) in [6, 6.07) is 13.0. The molecule has 0 saturated heterocycles. The Morgan fingerprint density at radius 3 is 2.32 bits per heavy atom. The van der Waals surface area contributed by atoms with Gasteiger partial charge in [-0.3, -0.25) is 0 Å². The van der Waals surface area contributed by atoms with Gasteiger partial charge in [0, 0.05) is 5.39 Å². The Bertz CT molecular complexity index is 1130. The molecule has 0 aromatic heterocycles. The van der Waals surface area contributed by atoms with Crippen LogP contribution < -0.4 is 4.74 Å². The monoisotopic (exact) mass is 476 g/mol. The molecule has 0 aliphatic heterocycles. The van der Waals surface area contributed by atoms with Gasteiger partial charge in [-0.25, -0.2) is 8.78 Å². The number of hydrogen-bond donors (Lipinski definition) is 0. The van der Waals surface area contributed by atoms with Crippen molar-refractivity contribution in [2.75, 3.05) is 0 Å². The van der Waals surface area contributed by atoms with Gasteiger partial charge in [-0.1, -0.05) is 56.2 Å². The quantitative estimate of drug-likeness (QED) is 0.310. The summed E-state index contributed by atoms with van der Waals surface area (Å²) in [5.41, 5.74) is 2.24. The smallest absolute Gasteiger partial charge is 0.403 e. The number of aryl methyl sites for hydroxylation is 2.